The first kappa shape index (κ1) is 39.5. The minimum atomic E-state index is -0.828. The number of halogens is 2. The number of para-hydroxylation sites is 2. The lowest BCUT2D eigenvalue weighted by atomic mass is 9.69. The van der Waals surface area contributed by atoms with Gasteiger partial charge in [0.1, 0.15) is 22.5 Å². The van der Waals surface area contributed by atoms with Gasteiger partial charge in [-0.05, 0) is 86.3 Å². The summed E-state index contributed by atoms with van der Waals surface area (Å²) >= 11 is 7.45. The summed E-state index contributed by atoms with van der Waals surface area (Å²) in [6.45, 7) is 5.30. The van der Waals surface area contributed by atoms with Crippen molar-refractivity contribution in [3.63, 3.8) is 0 Å². The van der Waals surface area contributed by atoms with Crippen LogP contribution in [-0.2, 0) is 23.9 Å². The molecule has 2 atom stereocenters. The molecule has 0 N–H and O–H groups in total. The van der Waals surface area contributed by atoms with E-state index in [1.165, 1.54) is 11.1 Å². The number of nitrogens with zero attached hydrogens (tertiary/aromatic N) is 4. The van der Waals surface area contributed by atoms with Gasteiger partial charge in [-0.15, -0.1) is 0 Å². The maximum absolute atomic E-state index is 14.1. The van der Waals surface area contributed by atoms with Gasteiger partial charge in [0, 0.05) is 44.3 Å². The van der Waals surface area contributed by atoms with E-state index in [0.29, 0.717) is 25.9 Å². The van der Waals surface area contributed by atoms with Gasteiger partial charge in [-0.2, -0.15) is 0 Å². The van der Waals surface area contributed by atoms with Crippen LogP contribution in [0.25, 0.3) is 0 Å². The van der Waals surface area contributed by atoms with E-state index in [1.807, 2.05) is 147 Å². The molecule has 0 saturated heterocycles. The van der Waals surface area contributed by atoms with Crippen molar-refractivity contribution in [2.24, 2.45) is 9.98 Å². The van der Waals surface area contributed by atoms with Crippen molar-refractivity contribution in [1.29, 1.82) is 0 Å². The summed E-state index contributed by atoms with van der Waals surface area (Å²) < 4.78 is 1.85. The smallest absolute Gasteiger partial charge is 0.183 e. The van der Waals surface area contributed by atoms with Crippen LogP contribution in [0, 0.1) is 0 Å². The van der Waals surface area contributed by atoms with Gasteiger partial charge < -0.3 is 9.80 Å². The Balaban J connectivity index is 0.000000154. The van der Waals surface area contributed by atoms with Crippen molar-refractivity contribution >= 4 is 77.8 Å². The number of aliphatic imine (C=N–C) groups is 2. The maximum Gasteiger partial charge on any atom is 0.183 e. The lowest BCUT2D eigenvalue weighted by Gasteiger charge is -2.42. The van der Waals surface area contributed by atoms with Gasteiger partial charge >= 0.3 is 0 Å². The number of hydrogen-bond acceptors (Lipinski definition) is 6. The fourth-order valence-corrected chi connectivity index (χ4v) is 10.6. The number of ketones is 2. The van der Waals surface area contributed by atoms with Crippen LogP contribution in [0.1, 0.15) is 69.7 Å². The molecule has 0 aromatic heterocycles. The summed E-state index contributed by atoms with van der Waals surface area (Å²) in [6.07, 6.45) is 9.34. The molecule has 6 aromatic rings. The van der Waals surface area contributed by atoms with Gasteiger partial charge in [0.2, 0.25) is 0 Å². The highest BCUT2D eigenvalue weighted by molar-refractivity contribution is 9.10. The standard InChI is InChI=1S/2C26H21BrN2O/c2*1-2-3-16-26-23-20(27)13-9-14-21(23)28-25(26)29(17-18-10-5-4-6-11-18)22-15-8-7-12-19(22)24(26)30/h2*2-15H,16-17H2,1H3/b2*3-2+/t2*26-/m11/s1. The van der Waals surface area contributed by atoms with Crippen LogP contribution in [0.5, 0.6) is 0 Å². The number of carbonyl (C=O) groups is 2. The Hall–Kier alpha value is -5.96. The predicted molar refractivity (Wildman–Crippen MR) is 251 cm³/mol. The summed E-state index contributed by atoms with van der Waals surface area (Å²) in [5.41, 5.74) is 7.71. The molecule has 8 heteroatoms. The third kappa shape index (κ3) is 6.36. The van der Waals surface area contributed by atoms with E-state index in [-0.39, 0.29) is 11.6 Å². The number of fused-ring (bicyclic) bond motifs is 8. The molecule has 0 fully saturated rings. The van der Waals surface area contributed by atoms with Crippen molar-refractivity contribution in [3.05, 3.63) is 212 Å². The fourth-order valence-electron chi connectivity index (χ4n) is 9.21. The largest absolute Gasteiger partial charge is 0.324 e. The van der Waals surface area contributed by atoms with E-state index in [9.17, 15) is 9.59 Å². The average Bonchev–Trinajstić information content (AvgIpc) is 3.82. The van der Waals surface area contributed by atoms with Gasteiger partial charge in [-0.3, -0.25) is 9.59 Å². The first-order chi connectivity index (χ1) is 29.3. The maximum atomic E-state index is 14.1. The number of anilines is 2. The molecule has 60 heavy (non-hydrogen) atoms. The number of allylic oxidation sites excluding steroid dienone is 4. The Morgan fingerprint density at radius 3 is 1.28 bits per heavy atom. The quantitative estimate of drug-likeness (QED) is 0.143. The van der Waals surface area contributed by atoms with Gasteiger partial charge in [-0.25, -0.2) is 9.98 Å². The molecule has 6 aromatic carbocycles. The van der Waals surface area contributed by atoms with Crippen molar-refractivity contribution in [1.82, 2.24) is 0 Å². The Morgan fingerprint density at radius 1 is 0.500 bits per heavy atom. The summed E-state index contributed by atoms with van der Waals surface area (Å²) in [4.78, 5) is 42.7. The van der Waals surface area contributed by atoms with Crippen LogP contribution in [0.4, 0.5) is 22.7 Å². The average molecular weight is 915 g/mol. The van der Waals surface area contributed by atoms with E-state index in [2.05, 4.69) is 78.1 Å². The zero-order valence-corrected chi connectivity index (χ0v) is 36.5. The number of Topliss-reactive ketones (excluding diaryl/α,β-unsaturated/α-hetero) is 2. The Labute approximate surface area is 368 Å². The molecule has 0 bridgehead atoms. The first-order valence-corrected chi connectivity index (χ1v) is 21.8. The minimum absolute atomic E-state index is 0.116. The van der Waals surface area contributed by atoms with Gasteiger partial charge in [0.25, 0.3) is 0 Å². The minimum Gasteiger partial charge on any atom is -0.324 e. The van der Waals surface area contributed by atoms with E-state index < -0.39 is 10.8 Å². The van der Waals surface area contributed by atoms with E-state index in [1.54, 1.807) is 0 Å². The highest BCUT2D eigenvalue weighted by atomic mass is 79.9. The van der Waals surface area contributed by atoms with Crippen molar-refractivity contribution in [2.75, 3.05) is 9.80 Å². The van der Waals surface area contributed by atoms with Crippen molar-refractivity contribution in [3.8, 4) is 0 Å². The second kappa shape index (κ2) is 16.2. The van der Waals surface area contributed by atoms with Crippen LogP contribution in [-0.4, -0.2) is 23.2 Å². The predicted octanol–water partition coefficient (Wildman–Crippen LogP) is 13.2. The third-order valence-electron chi connectivity index (χ3n) is 11.9. The van der Waals surface area contributed by atoms with Crippen molar-refractivity contribution in [2.45, 2.75) is 50.6 Å². The summed E-state index contributed by atoms with van der Waals surface area (Å²) in [7, 11) is 0. The van der Waals surface area contributed by atoms with E-state index in [0.717, 1.165) is 65.6 Å². The molecular weight excluding hydrogens is 872 g/mol. The number of carbonyl (C=O) groups excluding carboxylic acids is 2. The molecule has 0 aliphatic carbocycles. The lowest BCUT2D eigenvalue weighted by molar-refractivity contribution is 0.0919. The highest BCUT2D eigenvalue weighted by Crippen LogP contribution is 2.55. The monoisotopic (exact) mass is 912 g/mol. The third-order valence-corrected chi connectivity index (χ3v) is 13.2. The van der Waals surface area contributed by atoms with Gasteiger partial charge in [0.15, 0.2) is 11.6 Å². The molecule has 0 saturated carbocycles. The normalized spacial score (nSPS) is 19.5. The summed E-state index contributed by atoms with van der Waals surface area (Å²) in [5, 5.41) is 0. The Bertz CT molecular complexity index is 2590. The highest BCUT2D eigenvalue weighted by Gasteiger charge is 2.57. The summed E-state index contributed by atoms with van der Waals surface area (Å²) in [6, 6.07) is 48.5. The molecule has 6 nitrogen and oxygen atoms in total. The van der Waals surface area contributed by atoms with Crippen LogP contribution < -0.4 is 9.80 Å². The Morgan fingerprint density at radius 2 is 0.883 bits per heavy atom. The number of rotatable bonds is 8. The molecular formula is C52H42Br2N4O2. The Kier molecular flexibility index (Phi) is 10.7. The molecule has 0 amide bonds. The molecule has 0 spiro atoms. The van der Waals surface area contributed by atoms with Crippen LogP contribution in [0.15, 0.2) is 189 Å². The zero-order valence-electron chi connectivity index (χ0n) is 33.4. The fraction of sp³-hybridized carbons (Fsp3) is 0.154. The summed E-state index contributed by atoms with van der Waals surface area (Å²) in [5.74, 6) is 1.86. The molecule has 0 unspecified atom stereocenters. The zero-order chi connectivity index (χ0) is 41.4. The molecule has 4 aliphatic heterocycles. The van der Waals surface area contributed by atoms with Crippen LogP contribution in [0.3, 0.4) is 0 Å². The van der Waals surface area contributed by atoms with Crippen molar-refractivity contribution < 1.29 is 9.59 Å². The first-order valence-electron chi connectivity index (χ1n) is 20.2. The molecule has 296 valence electrons. The number of hydrogen-bond donors (Lipinski definition) is 0. The molecule has 4 aliphatic rings. The molecule has 4 heterocycles. The number of benzene rings is 6. The number of amidine groups is 2. The van der Waals surface area contributed by atoms with Crippen LogP contribution in [0.2, 0.25) is 0 Å². The second-order valence-electron chi connectivity index (χ2n) is 15.3. The molecule has 0 radical (unpaired) electrons. The van der Waals surface area contributed by atoms with Gasteiger partial charge in [0.05, 0.1) is 22.7 Å². The topological polar surface area (TPSA) is 65.3 Å². The SMILES string of the molecule is C/C=C/C[C@@]12C(=O)c3ccccc3N(Cc3ccccc3)C1=Nc1cccc(Br)c12.C/C=C/C[C@@]12C(=O)c3ccccc3N(Cc3ccccc3)C1=Nc1cccc(Br)c12. The lowest BCUT2D eigenvalue weighted by Crippen LogP contribution is -2.54. The van der Waals surface area contributed by atoms with E-state index >= 15 is 0 Å². The van der Waals surface area contributed by atoms with Crippen LogP contribution >= 0.6 is 31.9 Å². The van der Waals surface area contributed by atoms with E-state index in [4.69, 9.17) is 9.98 Å². The second-order valence-corrected chi connectivity index (χ2v) is 17.0. The molecule has 10 rings (SSSR count). The van der Waals surface area contributed by atoms with Gasteiger partial charge in [-0.1, -0.05) is 153 Å².